The summed E-state index contributed by atoms with van der Waals surface area (Å²) in [4.78, 5) is 22.7. The third kappa shape index (κ3) is 1.21. The number of nitrogens with zero attached hydrogens (tertiary/aromatic N) is 1. The molecule has 2 rings (SSSR count). The molecule has 1 aliphatic rings. The van der Waals surface area contributed by atoms with Crippen LogP contribution in [0.2, 0.25) is 0 Å². The van der Waals surface area contributed by atoms with Crippen LogP contribution in [0.5, 0.6) is 0 Å². The van der Waals surface area contributed by atoms with Crippen LogP contribution in [-0.4, -0.2) is 24.0 Å². The summed E-state index contributed by atoms with van der Waals surface area (Å²) in [6.45, 7) is 0. The molecule has 74 valence electrons. The Balaban J connectivity index is 2.48. The van der Waals surface area contributed by atoms with E-state index in [0.717, 1.165) is 6.42 Å². The molecule has 0 saturated heterocycles. The smallest absolute Gasteiger partial charge is 0.361 e. The van der Waals surface area contributed by atoms with Gasteiger partial charge in [-0.1, -0.05) is 5.16 Å². The van der Waals surface area contributed by atoms with Crippen LogP contribution in [0, 0.1) is 0 Å². The maximum absolute atomic E-state index is 11.5. The lowest BCUT2D eigenvalue weighted by Gasteiger charge is -2.06. The van der Waals surface area contributed by atoms with Crippen LogP contribution in [0.15, 0.2) is 4.52 Å². The number of hydrogen-bond acceptors (Lipinski definition) is 5. The molecule has 1 aromatic rings. The summed E-state index contributed by atoms with van der Waals surface area (Å²) in [6, 6.07) is 0. The Morgan fingerprint density at radius 2 is 2.29 bits per heavy atom. The second-order valence-corrected chi connectivity index (χ2v) is 3.10. The number of aryl methyl sites for hydroxylation is 1. The van der Waals surface area contributed by atoms with Crippen LogP contribution in [0.1, 0.15) is 39.4 Å². The van der Waals surface area contributed by atoms with Gasteiger partial charge in [0.2, 0.25) is 5.69 Å². The Morgan fingerprint density at radius 1 is 1.50 bits per heavy atom. The zero-order valence-electron chi connectivity index (χ0n) is 7.70. The number of aromatic nitrogens is 1. The SMILES string of the molecule is COC(=O)c1noc2c1C(=O)CCC2. The molecule has 1 heterocycles. The van der Waals surface area contributed by atoms with E-state index in [0.29, 0.717) is 24.2 Å². The van der Waals surface area contributed by atoms with Crippen LogP contribution < -0.4 is 0 Å². The molecule has 0 aliphatic heterocycles. The van der Waals surface area contributed by atoms with E-state index in [1.165, 1.54) is 7.11 Å². The van der Waals surface area contributed by atoms with Gasteiger partial charge in [0, 0.05) is 12.8 Å². The molecule has 0 spiro atoms. The number of carbonyl (C=O) groups is 2. The monoisotopic (exact) mass is 195 g/mol. The molecule has 14 heavy (non-hydrogen) atoms. The molecular weight excluding hydrogens is 186 g/mol. The standard InChI is InChI=1S/C9H9NO4/c1-13-9(12)8-7-5(11)3-2-4-6(7)14-10-8/h2-4H2,1H3. The Kier molecular flexibility index (Phi) is 2.07. The molecule has 0 N–H and O–H groups in total. The van der Waals surface area contributed by atoms with Gasteiger partial charge in [0.25, 0.3) is 0 Å². The van der Waals surface area contributed by atoms with Crippen LogP contribution in [0.3, 0.4) is 0 Å². The van der Waals surface area contributed by atoms with Gasteiger partial charge in [-0.3, -0.25) is 4.79 Å². The minimum Gasteiger partial charge on any atom is -0.464 e. The summed E-state index contributed by atoms with van der Waals surface area (Å²) in [5, 5.41) is 3.55. The van der Waals surface area contributed by atoms with Crippen molar-refractivity contribution < 1.29 is 18.8 Å². The van der Waals surface area contributed by atoms with Crippen molar-refractivity contribution in [1.29, 1.82) is 0 Å². The van der Waals surface area contributed by atoms with Crippen molar-refractivity contribution in [3.8, 4) is 0 Å². The lowest BCUT2D eigenvalue weighted by Crippen LogP contribution is -2.14. The van der Waals surface area contributed by atoms with Crippen molar-refractivity contribution in [3.05, 3.63) is 17.0 Å². The predicted molar refractivity (Wildman–Crippen MR) is 45.1 cm³/mol. The molecule has 0 aromatic carbocycles. The van der Waals surface area contributed by atoms with E-state index < -0.39 is 5.97 Å². The highest BCUT2D eigenvalue weighted by molar-refractivity contribution is 6.06. The quantitative estimate of drug-likeness (QED) is 0.624. The summed E-state index contributed by atoms with van der Waals surface area (Å²) in [5.74, 6) is -0.209. The Hall–Kier alpha value is -1.65. The molecule has 0 fully saturated rings. The zero-order valence-corrected chi connectivity index (χ0v) is 7.70. The first-order valence-corrected chi connectivity index (χ1v) is 4.34. The van der Waals surface area contributed by atoms with Crippen molar-refractivity contribution >= 4 is 11.8 Å². The van der Waals surface area contributed by atoms with Gasteiger partial charge in [0.15, 0.2) is 5.78 Å². The Bertz CT molecular complexity index is 394. The first kappa shape index (κ1) is 8.93. The van der Waals surface area contributed by atoms with E-state index in [4.69, 9.17) is 4.52 Å². The van der Waals surface area contributed by atoms with Gasteiger partial charge in [-0.05, 0) is 6.42 Å². The second-order valence-electron chi connectivity index (χ2n) is 3.10. The summed E-state index contributed by atoms with van der Waals surface area (Å²) in [6.07, 6.45) is 1.85. The minimum absolute atomic E-state index is 0.00667. The predicted octanol–water partition coefficient (Wildman–Crippen LogP) is 0.980. The van der Waals surface area contributed by atoms with Gasteiger partial charge in [0.05, 0.1) is 12.7 Å². The molecule has 0 amide bonds. The fourth-order valence-corrected chi connectivity index (χ4v) is 1.55. The number of methoxy groups -OCH3 is 1. The Labute approximate surface area is 80.0 Å². The van der Waals surface area contributed by atoms with Crippen molar-refractivity contribution in [2.75, 3.05) is 7.11 Å². The van der Waals surface area contributed by atoms with E-state index in [-0.39, 0.29) is 11.5 Å². The fraction of sp³-hybridized carbons (Fsp3) is 0.444. The van der Waals surface area contributed by atoms with Gasteiger partial charge in [0.1, 0.15) is 5.76 Å². The van der Waals surface area contributed by atoms with Gasteiger partial charge in [-0.15, -0.1) is 0 Å². The number of carbonyl (C=O) groups excluding carboxylic acids is 2. The number of Topliss-reactive ketones (excluding diaryl/α,β-unsaturated/α-hetero) is 1. The molecule has 5 nitrogen and oxygen atoms in total. The van der Waals surface area contributed by atoms with E-state index in [2.05, 4.69) is 9.89 Å². The average molecular weight is 195 g/mol. The van der Waals surface area contributed by atoms with Crippen LogP contribution >= 0.6 is 0 Å². The second kappa shape index (κ2) is 3.25. The molecule has 5 heteroatoms. The lowest BCUT2D eigenvalue weighted by atomic mass is 9.95. The molecule has 1 aliphatic carbocycles. The van der Waals surface area contributed by atoms with Gasteiger partial charge >= 0.3 is 5.97 Å². The maximum atomic E-state index is 11.5. The molecule has 0 unspecified atom stereocenters. The van der Waals surface area contributed by atoms with Gasteiger partial charge in [-0.2, -0.15) is 0 Å². The molecule has 1 aromatic heterocycles. The molecular formula is C9H9NO4. The highest BCUT2D eigenvalue weighted by Gasteiger charge is 2.30. The minimum atomic E-state index is -0.620. The molecule has 0 radical (unpaired) electrons. The van der Waals surface area contributed by atoms with Gasteiger partial charge < -0.3 is 9.26 Å². The van der Waals surface area contributed by atoms with Crippen molar-refractivity contribution in [2.45, 2.75) is 19.3 Å². The number of esters is 1. The third-order valence-corrected chi connectivity index (χ3v) is 2.23. The van der Waals surface area contributed by atoms with Crippen LogP contribution in [0.25, 0.3) is 0 Å². The number of ether oxygens (including phenoxy) is 1. The van der Waals surface area contributed by atoms with Crippen molar-refractivity contribution in [1.82, 2.24) is 5.16 Å². The largest absolute Gasteiger partial charge is 0.464 e. The van der Waals surface area contributed by atoms with E-state index in [1.54, 1.807) is 0 Å². The van der Waals surface area contributed by atoms with Gasteiger partial charge in [-0.25, -0.2) is 4.79 Å². The summed E-state index contributed by atoms with van der Waals surface area (Å²) in [7, 11) is 1.25. The third-order valence-electron chi connectivity index (χ3n) is 2.23. The fourth-order valence-electron chi connectivity index (χ4n) is 1.55. The summed E-state index contributed by atoms with van der Waals surface area (Å²) >= 11 is 0. The number of rotatable bonds is 1. The molecule has 0 bridgehead atoms. The first-order chi connectivity index (χ1) is 6.74. The van der Waals surface area contributed by atoms with E-state index >= 15 is 0 Å². The topological polar surface area (TPSA) is 69.4 Å². The number of hydrogen-bond donors (Lipinski definition) is 0. The van der Waals surface area contributed by atoms with Crippen molar-refractivity contribution in [3.63, 3.8) is 0 Å². The van der Waals surface area contributed by atoms with Crippen LogP contribution in [0.4, 0.5) is 0 Å². The van der Waals surface area contributed by atoms with E-state index in [1.807, 2.05) is 0 Å². The van der Waals surface area contributed by atoms with Crippen LogP contribution in [-0.2, 0) is 11.2 Å². The number of ketones is 1. The summed E-state index contributed by atoms with van der Waals surface area (Å²) in [5.41, 5.74) is 0.315. The molecule has 0 atom stereocenters. The van der Waals surface area contributed by atoms with Crippen molar-refractivity contribution in [2.24, 2.45) is 0 Å². The summed E-state index contributed by atoms with van der Waals surface area (Å²) < 4.78 is 9.40. The zero-order chi connectivity index (χ0) is 10.1. The molecule has 0 saturated carbocycles. The Morgan fingerprint density at radius 3 is 3.00 bits per heavy atom. The first-order valence-electron chi connectivity index (χ1n) is 4.34. The number of fused-ring (bicyclic) bond motifs is 1. The average Bonchev–Trinajstić information content (AvgIpc) is 2.62. The lowest BCUT2D eigenvalue weighted by molar-refractivity contribution is 0.0586. The van der Waals surface area contributed by atoms with E-state index in [9.17, 15) is 9.59 Å². The highest BCUT2D eigenvalue weighted by Crippen LogP contribution is 2.24. The highest BCUT2D eigenvalue weighted by atomic mass is 16.5. The maximum Gasteiger partial charge on any atom is 0.361 e. The normalized spacial score (nSPS) is 15.1.